The molecule has 5 rings (SSSR count). The number of aromatic nitrogens is 4. The number of imidazole rings is 2. The Morgan fingerprint density at radius 3 is 2.45 bits per heavy atom. The van der Waals surface area contributed by atoms with E-state index < -0.39 is 0 Å². The van der Waals surface area contributed by atoms with Gasteiger partial charge < -0.3 is 15.3 Å². The molecule has 0 unspecified atom stereocenters. The molecule has 3 N–H and O–H groups in total. The van der Waals surface area contributed by atoms with E-state index in [1.807, 2.05) is 54.6 Å². The number of nitrogens with one attached hydrogen (secondary N) is 3. The molecule has 0 aliphatic heterocycles. The van der Waals surface area contributed by atoms with Crippen LogP contribution in [-0.2, 0) is 17.6 Å². The lowest BCUT2D eigenvalue weighted by molar-refractivity contribution is -0.116. The quantitative estimate of drug-likeness (QED) is 0.372. The van der Waals surface area contributed by atoms with Crippen molar-refractivity contribution in [2.75, 3.05) is 5.32 Å². The third kappa shape index (κ3) is 4.33. The molecule has 154 valence electrons. The first kappa shape index (κ1) is 19.1. The summed E-state index contributed by atoms with van der Waals surface area (Å²) in [6, 6.07) is 22.0. The van der Waals surface area contributed by atoms with Gasteiger partial charge in [0.1, 0.15) is 11.6 Å². The molecule has 6 heteroatoms. The molecular weight excluding hydrogens is 386 g/mol. The molecule has 1 amide bonds. The van der Waals surface area contributed by atoms with Crippen LogP contribution in [-0.4, -0.2) is 25.8 Å². The summed E-state index contributed by atoms with van der Waals surface area (Å²) in [5, 5.41) is 2.96. The highest BCUT2D eigenvalue weighted by molar-refractivity contribution is 5.90. The number of carbonyl (C=O) groups is 1. The third-order valence-corrected chi connectivity index (χ3v) is 5.32. The van der Waals surface area contributed by atoms with Crippen LogP contribution in [0.5, 0.6) is 0 Å². The van der Waals surface area contributed by atoms with Gasteiger partial charge >= 0.3 is 0 Å². The van der Waals surface area contributed by atoms with E-state index in [0.29, 0.717) is 19.3 Å². The molecule has 2 aromatic heterocycles. The molecule has 0 aliphatic rings. The predicted molar refractivity (Wildman–Crippen MR) is 123 cm³/mol. The number of aromatic amines is 2. The summed E-state index contributed by atoms with van der Waals surface area (Å²) in [7, 11) is 0. The van der Waals surface area contributed by atoms with Gasteiger partial charge in [-0.2, -0.15) is 0 Å². The van der Waals surface area contributed by atoms with Crippen molar-refractivity contribution in [3.8, 4) is 0 Å². The Labute approximate surface area is 179 Å². The second-order valence-electron chi connectivity index (χ2n) is 7.83. The zero-order valence-electron chi connectivity index (χ0n) is 17.3. The van der Waals surface area contributed by atoms with Gasteiger partial charge in [-0.05, 0) is 54.4 Å². The van der Waals surface area contributed by atoms with E-state index in [9.17, 15) is 4.79 Å². The summed E-state index contributed by atoms with van der Waals surface area (Å²) < 4.78 is 0. The van der Waals surface area contributed by atoms with E-state index in [1.165, 1.54) is 5.56 Å². The van der Waals surface area contributed by atoms with Gasteiger partial charge in [0.25, 0.3) is 0 Å². The Balaban J connectivity index is 1.17. The van der Waals surface area contributed by atoms with Crippen LogP contribution < -0.4 is 5.32 Å². The molecule has 0 radical (unpaired) electrons. The Bertz CT molecular complexity index is 1330. The van der Waals surface area contributed by atoms with E-state index in [0.717, 1.165) is 45.0 Å². The van der Waals surface area contributed by atoms with Crippen molar-refractivity contribution < 1.29 is 4.79 Å². The number of anilines is 1. The van der Waals surface area contributed by atoms with Crippen molar-refractivity contribution >= 4 is 33.7 Å². The number of amides is 1. The maximum absolute atomic E-state index is 12.3. The molecule has 6 nitrogen and oxygen atoms in total. The second kappa shape index (κ2) is 8.07. The first-order valence-corrected chi connectivity index (χ1v) is 10.4. The average molecular weight is 409 g/mol. The van der Waals surface area contributed by atoms with Crippen molar-refractivity contribution in [3.05, 3.63) is 89.5 Å². The number of aryl methyl sites for hydroxylation is 2. The van der Waals surface area contributed by atoms with Crippen LogP contribution in [0.15, 0.2) is 66.7 Å². The van der Waals surface area contributed by atoms with Gasteiger partial charge in [0.2, 0.25) is 5.91 Å². The van der Waals surface area contributed by atoms with E-state index in [2.05, 4.69) is 44.3 Å². The van der Waals surface area contributed by atoms with Crippen molar-refractivity contribution in [2.24, 2.45) is 0 Å². The highest BCUT2D eigenvalue weighted by atomic mass is 16.1. The van der Waals surface area contributed by atoms with Crippen LogP contribution in [0.25, 0.3) is 22.1 Å². The Hall–Kier alpha value is -3.93. The smallest absolute Gasteiger partial charge is 0.224 e. The van der Waals surface area contributed by atoms with Gasteiger partial charge in [0.05, 0.1) is 22.1 Å². The van der Waals surface area contributed by atoms with Crippen LogP contribution in [0.3, 0.4) is 0 Å². The van der Waals surface area contributed by atoms with Crippen LogP contribution in [0.4, 0.5) is 5.69 Å². The largest absolute Gasteiger partial charge is 0.342 e. The SMILES string of the molecule is Cc1ccc2nc(Cc3ccc(NC(=O)CCc4nc5ccccc5[nH]4)cc3)[nH]c2c1. The summed E-state index contributed by atoms with van der Waals surface area (Å²) in [5.74, 6) is 1.73. The van der Waals surface area contributed by atoms with Crippen LogP contribution >= 0.6 is 0 Å². The maximum Gasteiger partial charge on any atom is 0.224 e. The molecule has 2 heterocycles. The van der Waals surface area contributed by atoms with Crippen molar-refractivity contribution in [1.82, 2.24) is 19.9 Å². The van der Waals surface area contributed by atoms with E-state index in [4.69, 9.17) is 0 Å². The number of carbonyl (C=O) groups excluding carboxylic acids is 1. The van der Waals surface area contributed by atoms with E-state index in [-0.39, 0.29) is 5.91 Å². The van der Waals surface area contributed by atoms with Crippen LogP contribution in [0.1, 0.15) is 29.2 Å². The standard InChI is InChI=1S/C25H23N5O/c1-16-6-11-21-22(14-16)30-24(29-21)15-17-7-9-18(10-8-17)26-25(31)13-12-23-27-19-4-2-3-5-20(19)28-23/h2-11,14H,12-13,15H2,1H3,(H,26,31)(H,27,28)(H,29,30). The molecule has 0 bridgehead atoms. The zero-order chi connectivity index (χ0) is 21.2. The molecule has 5 aromatic rings. The second-order valence-corrected chi connectivity index (χ2v) is 7.83. The Kier molecular flexibility index (Phi) is 4.96. The van der Waals surface area contributed by atoms with Crippen LogP contribution in [0, 0.1) is 6.92 Å². The Morgan fingerprint density at radius 2 is 1.61 bits per heavy atom. The maximum atomic E-state index is 12.3. The normalized spacial score (nSPS) is 11.3. The number of hydrogen-bond donors (Lipinski definition) is 3. The molecule has 31 heavy (non-hydrogen) atoms. The zero-order valence-corrected chi connectivity index (χ0v) is 17.3. The topological polar surface area (TPSA) is 86.5 Å². The van der Waals surface area contributed by atoms with Gasteiger partial charge in [0.15, 0.2) is 0 Å². The Morgan fingerprint density at radius 1 is 0.871 bits per heavy atom. The number of fused-ring (bicyclic) bond motifs is 2. The number of H-pyrrole nitrogens is 2. The van der Waals surface area contributed by atoms with Crippen molar-refractivity contribution in [2.45, 2.75) is 26.2 Å². The monoisotopic (exact) mass is 409 g/mol. The molecule has 0 saturated heterocycles. The summed E-state index contributed by atoms with van der Waals surface area (Å²) in [6.45, 7) is 2.07. The first-order valence-electron chi connectivity index (χ1n) is 10.4. The molecule has 0 fully saturated rings. The first-order chi connectivity index (χ1) is 15.1. The minimum Gasteiger partial charge on any atom is -0.342 e. The van der Waals surface area contributed by atoms with Gasteiger partial charge in [-0.1, -0.05) is 30.3 Å². The molecule has 3 aromatic carbocycles. The number of hydrogen-bond acceptors (Lipinski definition) is 3. The lowest BCUT2D eigenvalue weighted by atomic mass is 10.1. The molecule has 0 saturated carbocycles. The van der Waals surface area contributed by atoms with Crippen LogP contribution in [0.2, 0.25) is 0 Å². The van der Waals surface area contributed by atoms with E-state index >= 15 is 0 Å². The fourth-order valence-corrected chi connectivity index (χ4v) is 3.74. The van der Waals surface area contributed by atoms with Gasteiger partial charge in [-0.25, -0.2) is 9.97 Å². The van der Waals surface area contributed by atoms with Gasteiger partial charge in [-0.15, -0.1) is 0 Å². The molecular formula is C25H23N5O. The number of para-hydroxylation sites is 2. The molecule has 0 aliphatic carbocycles. The highest BCUT2D eigenvalue weighted by Crippen LogP contribution is 2.17. The predicted octanol–water partition coefficient (Wildman–Crippen LogP) is 4.91. The van der Waals surface area contributed by atoms with Gasteiger partial charge in [-0.3, -0.25) is 4.79 Å². The average Bonchev–Trinajstić information content (AvgIpc) is 3.36. The summed E-state index contributed by atoms with van der Waals surface area (Å²) >= 11 is 0. The number of nitrogens with zero attached hydrogens (tertiary/aromatic N) is 2. The summed E-state index contributed by atoms with van der Waals surface area (Å²) in [6.07, 6.45) is 1.66. The summed E-state index contributed by atoms with van der Waals surface area (Å²) in [5.41, 5.74) is 7.09. The minimum atomic E-state index is -0.0270. The number of benzene rings is 3. The fraction of sp³-hybridized carbons (Fsp3) is 0.160. The molecule has 0 atom stereocenters. The van der Waals surface area contributed by atoms with Gasteiger partial charge in [0, 0.05) is 24.9 Å². The summed E-state index contributed by atoms with van der Waals surface area (Å²) in [4.78, 5) is 28.2. The van der Waals surface area contributed by atoms with Crippen molar-refractivity contribution in [1.29, 1.82) is 0 Å². The highest BCUT2D eigenvalue weighted by Gasteiger charge is 2.08. The lowest BCUT2D eigenvalue weighted by Gasteiger charge is -2.06. The molecule has 0 spiro atoms. The van der Waals surface area contributed by atoms with Crippen molar-refractivity contribution in [3.63, 3.8) is 0 Å². The van der Waals surface area contributed by atoms with E-state index in [1.54, 1.807) is 0 Å². The lowest BCUT2D eigenvalue weighted by Crippen LogP contribution is -2.12. The fourth-order valence-electron chi connectivity index (χ4n) is 3.74. The number of rotatable bonds is 6. The third-order valence-electron chi connectivity index (χ3n) is 5.32. The minimum absolute atomic E-state index is 0.0270.